The molecule has 4 heteroatoms. The number of aliphatic hydroxyl groups excluding tert-OH is 1. The Morgan fingerprint density at radius 3 is 2.86 bits per heavy atom. The molecule has 0 radical (unpaired) electrons. The first-order valence-corrected chi connectivity index (χ1v) is 7.08. The van der Waals surface area contributed by atoms with Gasteiger partial charge in [0.2, 0.25) is 0 Å². The maximum absolute atomic E-state index is 10.0. The number of aromatic nitrogens is 1. The highest BCUT2D eigenvalue weighted by Crippen LogP contribution is 2.23. The minimum atomic E-state index is -0.413. The Kier molecular flexibility index (Phi) is 5.02. The monoisotopic (exact) mass is 284 g/mol. The molecule has 110 valence electrons. The lowest BCUT2D eigenvalue weighted by Gasteiger charge is -2.10. The summed E-state index contributed by atoms with van der Waals surface area (Å²) in [5.41, 5.74) is 2.49. The van der Waals surface area contributed by atoms with Crippen LogP contribution < -0.4 is 4.74 Å². The summed E-state index contributed by atoms with van der Waals surface area (Å²) < 4.78 is 7.33. The molecule has 2 rings (SSSR count). The Bertz CT molecular complexity index is 640. The maximum Gasteiger partial charge on any atom is 0.123 e. The van der Waals surface area contributed by atoms with E-state index in [1.54, 1.807) is 13.2 Å². The van der Waals surface area contributed by atoms with Gasteiger partial charge in [-0.3, -0.25) is 0 Å². The van der Waals surface area contributed by atoms with Crippen molar-refractivity contribution in [1.82, 2.24) is 4.57 Å². The lowest BCUT2D eigenvalue weighted by Crippen LogP contribution is -2.01. The summed E-state index contributed by atoms with van der Waals surface area (Å²) in [6, 6.07) is 9.46. The van der Waals surface area contributed by atoms with Gasteiger partial charge in [-0.25, -0.2) is 0 Å². The second kappa shape index (κ2) is 6.96. The highest BCUT2D eigenvalue weighted by Gasteiger charge is 2.10. The molecule has 0 aliphatic rings. The van der Waals surface area contributed by atoms with Crippen LogP contribution in [-0.2, 0) is 6.54 Å². The van der Waals surface area contributed by atoms with E-state index in [1.165, 1.54) is 0 Å². The minimum absolute atomic E-state index is 0.413. The molecule has 1 atom stereocenters. The van der Waals surface area contributed by atoms with Crippen LogP contribution in [0.1, 0.15) is 42.6 Å². The lowest BCUT2D eigenvalue weighted by atomic mass is 10.1. The Hall–Kier alpha value is -2.25. The van der Waals surface area contributed by atoms with Gasteiger partial charge in [-0.1, -0.05) is 13.3 Å². The van der Waals surface area contributed by atoms with Gasteiger partial charge in [0.05, 0.1) is 31.4 Å². The molecule has 0 aliphatic carbocycles. The van der Waals surface area contributed by atoms with E-state index in [2.05, 4.69) is 13.0 Å². The van der Waals surface area contributed by atoms with Crippen molar-refractivity contribution in [2.45, 2.75) is 32.4 Å². The van der Waals surface area contributed by atoms with Crippen molar-refractivity contribution in [3.63, 3.8) is 0 Å². The summed E-state index contributed by atoms with van der Waals surface area (Å²) in [6.07, 6.45) is 5.18. The van der Waals surface area contributed by atoms with E-state index in [1.807, 2.05) is 35.2 Å². The van der Waals surface area contributed by atoms with Crippen LogP contribution in [0.15, 0.2) is 36.7 Å². The normalized spacial score (nSPS) is 11.9. The molecule has 0 saturated carbocycles. The number of benzene rings is 1. The first kappa shape index (κ1) is 15.1. The number of methoxy groups -OCH3 is 1. The second-order valence-corrected chi connectivity index (χ2v) is 5.06. The van der Waals surface area contributed by atoms with E-state index in [9.17, 15) is 5.11 Å². The van der Waals surface area contributed by atoms with Gasteiger partial charge < -0.3 is 14.4 Å². The van der Waals surface area contributed by atoms with Crippen LogP contribution >= 0.6 is 0 Å². The minimum Gasteiger partial charge on any atom is -0.496 e. The van der Waals surface area contributed by atoms with Crippen molar-refractivity contribution in [2.75, 3.05) is 7.11 Å². The van der Waals surface area contributed by atoms with Crippen LogP contribution in [0, 0.1) is 11.3 Å². The number of hydrogen-bond acceptors (Lipinski definition) is 3. The molecule has 1 aromatic carbocycles. The quantitative estimate of drug-likeness (QED) is 0.885. The number of hydrogen-bond donors (Lipinski definition) is 1. The molecule has 0 spiro atoms. The zero-order chi connectivity index (χ0) is 15.2. The fraction of sp³-hybridized carbons (Fsp3) is 0.353. The number of aliphatic hydroxyl groups is 1. The molecule has 1 unspecified atom stereocenters. The summed E-state index contributed by atoms with van der Waals surface area (Å²) in [7, 11) is 1.62. The molecule has 1 aromatic heterocycles. The fourth-order valence-electron chi connectivity index (χ4n) is 2.36. The molecular formula is C17H20N2O2. The van der Waals surface area contributed by atoms with E-state index in [0.717, 1.165) is 29.7 Å². The molecule has 0 bridgehead atoms. The van der Waals surface area contributed by atoms with Gasteiger partial charge in [-0.2, -0.15) is 5.26 Å². The summed E-state index contributed by atoms with van der Waals surface area (Å²) in [5.74, 6) is 0.762. The van der Waals surface area contributed by atoms with Crippen molar-refractivity contribution in [3.8, 4) is 11.8 Å². The summed E-state index contributed by atoms with van der Waals surface area (Å²) in [4.78, 5) is 0. The van der Waals surface area contributed by atoms with Gasteiger partial charge in [0.15, 0.2) is 0 Å². The second-order valence-electron chi connectivity index (χ2n) is 5.06. The molecular weight excluding hydrogens is 264 g/mol. The summed E-state index contributed by atoms with van der Waals surface area (Å²) >= 11 is 0. The van der Waals surface area contributed by atoms with Crippen LogP contribution in [0.2, 0.25) is 0 Å². The van der Waals surface area contributed by atoms with Gasteiger partial charge in [0.1, 0.15) is 5.75 Å². The van der Waals surface area contributed by atoms with Crippen molar-refractivity contribution in [2.24, 2.45) is 0 Å². The standard InChI is InChI=1S/C17H20N2O2/c1-3-4-16(20)14-7-8-19(11-14)12-15-9-13(10-18)5-6-17(15)21-2/h5-9,11,16,20H,3-4,12H2,1-2H3. The van der Waals surface area contributed by atoms with E-state index in [-0.39, 0.29) is 0 Å². The first-order chi connectivity index (χ1) is 10.2. The first-order valence-electron chi connectivity index (χ1n) is 7.08. The lowest BCUT2D eigenvalue weighted by molar-refractivity contribution is 0.166. The zero-order valence-electron chi connectivity index (χ0n) is 12.4. The third kappa shape index (κ3) is 3.65. The molecule has 0 saturated heterocycles. The van der Waals surface area contributed by atoms with Crippen LogP contribution in [0.25, 0.3) is 0 Å². The summed E-state index contributed by atoms with van der Waals surface area (Å²) in [6.45, 7) is 2.66. The Balaban J connectivity index is 2.20. The molecule has 4 nitrogen and oxygen atoms in total. The highest BCUT2D eigenvalue weighted by atomic mass is 16.5. The number of rotatable bonds is 6. The third-order valence-corrected chi connectivity index (χ3v) is 3.48. The van der Waals surface area contributed by atoms with Gasteiger partial charge >= 0.3 is 0 Å². The Labute approximate surface area is 125 Å². The molecule has 2 aromatic rings. The average Bonchev–Trinajstić information content (AvgIpc) is 2.96. The smallest absolute Gasteiger partial charge is 0.123 e. The van der Waals surface area contributed by atoms with Crippen LogP contribution in [0.4, 0.5) is 0 Å². The van der Waals surface area contributed by atoms with E-state index >= 15 is 0 Å². The molecule has 0 fully saturated rings. The van der Waals surface area contributed by atoms with Gasteiger partial charge in [-0.15, -0.1) is 0 Å². The third-order valence-electron chi connectivity index (χ3n) is 3.48. The van der Waals surface area contributed by atoms with E-state index in [0.29, 0.717) is 12.1 Å². The molecule has 0 aliphatic heterocycles. The molecule has 1 N–H and O–H groups in total. The SMILES string of the molecule is CCCC(O)c1ccn(Cc2cc(C#N)ccc2OC)c1. The Morgan fingerprint density at radius 2 is 2.19 bits per heavy atom. The van der Waals surface area contributed by atoms with Crippen molar-refractivity contribution in [1.29, 1.82) is 5.26 Å². The average molecular weight is 284 g/mol. The topological polar surface area (TPSA) is 58.2 Å². The Morgan fingerprint density at radius 1 is 1.38 bits per heavy atom. The predicted octanol–water partition coefficient (Wildman–Crippen LogP) is 3.25. The van der Waals surface area contributed by atoms with Crippen molar-refractivity contribution in [3.05, 3.63) is 53.3 Å². The number of nitrogens with zero attached hydrogens (tertiary/aromatic N) is 2. The largest absolute Gasteiger partial charge is 0.496 e. The fourth-order valence-corrected chi connectivity index (χ4v) is 2.36. The predicted molar refractivity (Wildman–Crippen MR) is 81.1 cm³/mol. The van der Waals surface area contributed by atoms with Crippen LogP contribution in [-0.4, -0.2) is 16.8 Å². The maximum atomic E-state index is 10.0. The van der Waals surface area contributed by atoms with Crippen LogP contribution in [0.3, 0.4) is 0 Å². The van der Waals surface area contributed by atoms with Crippen molar-refractivity contribution < 1.29 is 9.84 Å². The van der Waals surface area contributed by atoms with E-state index < -0.39 is 6.10 Å². The number of nitriles is 1. The van der Waals surface area contributed by atoms with Gasteiger partial charge in [0.25, 0.3) is 0 Å². The molecule has 21 heavy (non-hydrogen) atoms. The molecule has 1 heterocycles. The van der Waals surface area contributed by atoms with Gasteiger partial charge in [0, 0.05) is 18.0 Å². The van der Waals surface area contributed by atoms with Crippen LogP contribution in [0.5, 0.6) is 5.75 Å². The zero-order valence-corrected chi connectivity index (χ0v) is 12.4. The van der Waals surface area contributed by atoms with Crippen molar-refractivity contribution >= 4 is 0 Å². The highest BCUT2D eigenvalue weighted by molar-refractivity contribution is 5.42. The van der Waals surface area contributed by atoms with E-state index in [4.69, 9.17) is 10.00 Å². The number of ether oxygens (including phenoxy) is 1. The molecule has 0 amide bonds. The summed E-state index contributed by atoms with van der Waals surface area (Å²) in [5, 5.41) is 19.0. The van der Waals surface area contributed by atoms with Gasteiger partial charge in [-0.05, 0) is 36.2 Å².